The van der Waals surface area contributed by atoms with Gasteiger partial charge >= 0.3 is 0 Å². The molecule has 4 N–H and O–H groups in total. The lowest BCUT2D eigenvalue weighted by molar-refractivity contribution is -0.123. The lowest BCUT2D eigenvalue weighted by atomic mass is 10.1. The number of halogens is 1. The van der Waals surface area contributed by atoms with Crippen LogP contribution in [0.5, 0.6) is 0 Å². The minimum absolute atomic E-state index is 0.0379. The van der Waals surface area contributed by atoms with E-state index in [9.17, 15) is 14.3 Å². The highest BCUT2D eigenvalue weighted by molar-refractivity contribution is 5.83. The lowest BCUT2D eigenvalue weighted by Crippen LogP contribution is -2.53. The van der Waals surface area contributed by atoms with Gasteiger partial charge in [0.1, 0.15) is 5.82 Å². The van der Waals surface area contributed by atoms with E-state index >= 15 is 0 Å². The summed E-state index contributed by atoms with van der Waals surface area (Å²) in [6, 6.07) is 6.29. The number of carbonyl (C=O) groups excluding carboxylic acids is 1. The Morgan fingerprint density at radius 2 is 2.15 bits per heavy atom. The molecule has 0 aromatic heterocycles. The van der Waals surface area contributed by atoms with Crippen LogP contribution in [0, 0.1) is 5.82 Å². The standard InChI is InChI=1S/C14H21FN2O3/c1-14(2,13(16)19)17-7-11(18)9-20-8-10-5-3-4-6-12(10)15/h3-6,11,17-18H,7-9H2,1-2H3,(H2,16,19). The van der Waals surface area contributed by atoms with Crippen LogP contribution in [-0.2, 0) is 16.1 Å². The van der Waals surface area contributed by atoms with Crippen LogP contribution in [-0.4, -0.2) is 35.8 Å². The fourth-order valence-electron chi connectivity index (χ4n) is 1.44. The molecule has 112 valence electrons. The van der Waals surface area contributed by atoms with Crippen molar-refractivity contribution in [1.29, 1.82) is 0 Å². The molecule has 0 heterocycles. The molecule has 0 saturated heterocycles. The molecule has 5 nitrogen and oxygen atoms in total. The molecule has 0 saturated carbocycles. The first-order valence-electron chi connectivity index (χ1n) is 6.37. The first-order valence-corrected chi connectivity index (χ1v) is 6.37. The van der Waals surface area contributed by atoms with E-state index in [1.165, 1.54) is 6.07 Å². The van der Waals surface area contributed by atoms with Crippen LogP contribution in [0.2, 0.25) is 0 Å². The van der Waals surface area contributed by atoms with Crippen molar-refractivity contribution >= 4 is 5.91 Å². The Labute approximate surface area is 117 Å². The highest BCUT2D eigenvalue weighted by Gasteiger charge is 2.24. The van der Waals surface area contributed by atoms with Gasteiger partial charge in [-0.1, -0.05) is 18.2 Å². The van der Waals surface area contributed by atoms with E-state index in [-0.39, 0.29) is 25.6 Å². The van der Waals surface area contributed by atoms with Crippen LogP contribution in [0.3, 0.4) is 0 Å². The van der Waals surface area contributed by atoms with Gasteiger partial charge in [-0.15, -0.1) is 0 Å². The van der Waals surface area contributed by atoms with E-state index in [1.54, 1.807) is 32.0 Å². The van der Waals surface area contributed by atoms with Gasteiger partial charge in [-0.05, 0) is 19.9 Å². The predicted molar refractivity (Wildman–Crippen MR) is 73.3 cm³/mol. The van der Waals surface area contributed by atoms with E-state index in [4.69, 9.17) is 10.5 Å². The molecule has 6 heteroatoms. The number of aliphatic hydroxyl groups is 1. The van der Waals surface area contributed by atoms with Crippen LogP contribution < -0.4 is 11.1 Å². The fraction of sp³-hybridized carbons (Fsp3) is 0.500. The maximum Gasteiger partial charge on any atom is 0.237 e. The zero-order chi connectivity index (χ0) is 15.2. The van der Waals surface area contributed by atoms with Crippen molar-refractivity contribution in [3.05, 3.63) is 35.6 Å². The Morgan fingerprint density at radius 3 is 2.75 bits per heavy atom. The van der Waals surface area contributed by atoms with Crippen molar-refractivity contribution in [2.75, 3.05) is 13.2 Å². The molecule has 1 aromatic rings. The van der Waals surface area contributed by atoms with E-state index in [1.807, 2.05) is 0 Å². The molecular formula is C14H21FN2O3. The normalized spacial score (nSPS) is 13.2. The molecule has 1 rings (SSSR count). The zero-order valence-electron chi connectivity index (χ0n) is 11.7. The average molecular weight is 284 g/mol. The number of benzene rings is 1. The maximum absolute atomic E-state index is 13.3. The summed E-state index contributed by atoms with van der Waals surface area (Å²) in [5.74, 6) is -0.841. The van der Waals surface area contributed by atoms with Crippen molar-refractivity contribution in [1.82, 2.24) is 5.32 Å². The number of β-amino-alcohol motifs (C(OH)–C–C–N with tert-alkyl or cyclic N) is 1. The number of carbonyl (C=O) groups is 1. The quantitative estimate of drug-likeness (QED) is 0.651. The summed E-state index contributed by atoms with van der Waals surface area (Å²) in [4.78, 5) is 11.1. The summed E-state index contributed by atoms with van der Waals surface area (Å²) >= 11 is 0. The smallest absolute Gasteiger partial charge is 0.237 e. The SMILES string of the molecule is CC(C)(NCC(O)COCc1ccccc1F)C(N)=O. The molecule has 0 fully saturated rings. The second-order valence-corrected chi connectivity index (χ2v) is 5.13. The summed E-state index contributed by atoms with van der Waals surface area (Å²) in [5, 5.41) is 12.5. The van der Waals surface area contributed by atoms with Gasteiger partial charge in [-0.25, -0.2) is 4.39 Å². The Morgan fingerprint density at radius 1 is 1.50 bits per heavy atom. The topological polar surface area (TPSA) is 84.6 Å². The van der Waals surface area contributed by atoms with E-state index in [2.05, 4.69) is 5.32 Å². The number of ether oxygens (including phenoxy) is 1. The molecule has 0 aliphatic carbocycles. The van der Waals surface area contributed by atoms with Gasteiger partial charge in [0.15, 0.2) is 0 Å². The number of hydrogen-bond donors (Lipinski definition) is 3. The second-order valence-electron chi connectivity index (χ2n) is 5.13. The Hall–Kier alpha value is -1.50. The molecule has 0 aliphatic rings. The van der Waals surface area contributed by atoms with Crippen molar-refractivity contribution < 1.29 is 19.0 Å². The molecule has 0 aliphatic heterocycles. The number of amides is 1. The minimum atomic E-state index is -0.896. The minimum Gasteiger partial charge on any atom is -0.389 e. The monoisotopic (exact) mass is 284 g/mol. The number of nitrogens with two attached hydrogens (primary N) is 1. The number of primary amides is 1. The third-order valence-corrected chi connectivity index (χ3v) is 2.92. The van der Waals surface area contributed by atoms with Crippen molar-refractivity contribution in [2.45, 2.75) is 32.1 Å². The first-order chi connectivity index (χ1) is 9.33. The number of hydrogen-bond acceptors (Lipinski definition) is 4. The summed E-state index contributed by atoms with van der Waals surface area (Å²) in [6.07, 6.45) is -0.805. The van der Waals surface area contributed by atoms with Crippen LogP contribution in [0.15, 0.2) is 24.3 Å². The molecule has 1 unspecified atom stereocenters. The summed E-state index contributed by atoms with van der Waals surface area (Å²) in [5.41, 5.74) is 4.73. The van der Waals surface area contributed by atoms with E-state index < -0.39 is 17.6 Å². The summed E-state index contributed by atoms with van der Waals surface area (Å²) in [6.45, 7) is 3.54. The fourth-order valence-corrected chi connectivity index (χ4v) is 1.44. The molecule has 1 atom stereocenters. The largest absolute Gasteiger partial charge is 0.389 e. The third-order valence-electron chi connectivity index (χ3n) is 2.92. The highest BCUT2D eigenvalue weighted by Crippen LogP contribution is 2.08. The van der Waals surface area contributed by atoms with Crippen molar-refractivity contribution in [3.63, 3.8) is 0 Å². The van der Waals surface area contributed by atoms with Crippen molar-refractivity contribution in [3.8, 4) is 0 Å². The molecule has 0 radical (unpaired) electrons. The Kier molecular flexibility index (Phi) is 6.06. The molecular weight excluding hydrogens is 263 g/mol. The number of nitrogens with one attached hydrogen (secondary N) is 1. The van der Waals surface area contributed by atoms with E-state index in [0.717, 1.165) is 0 Å². The molecule has 1 amide bonds. The van der Waals surface area contributed by atoms with Gasteiger partial charge in [-0.2, -0.15) is 0 Å². The predicted octanol–water partition coefficient (Wildman–Crippen LogP) is 0.557. The maximum atomic E-state index is 13.3. The van der Waals surface area contributed by atoms with Crippen LogP contribution in [0.4, 0.5) is 4.39 Å². The van der Waals surface area contributed by atoms with Gasteiger partial charge in [0.2, 0.25) is 5.91 Å². The molecule has 1 aromatic carbocycles. The Balaban J connectivity index is 2.29. The highest BCUT2D eigenvalue weighted by atomic mass is 19.1. The van der Waals surface area contributed by atoms with Crippen LogP contribution in [0.25, 0.3) is 0 Å². The van der Waals surface area contributed by atoms with Crippen LogP contribution in [0.1, 0.15) is 19.4 Å². The summed E-state index contributed by atoms with van der Waals surface area (Å²) in [7, 11) is 0. The van der Waals surface area contributed by atoms with Gasteiger partial charge < -0.3 is 20.9 Å². The Bertz CT molecular complexity index is 452. The molecule has 0 bridgehead atoms. The first kappa shape index (κ1) is 16.6. The molecule has 20 heavy (non-hydrogen) atoms. The van der Waals surface area contributed by atoms with Gasteiger partial charge in [0.05, 0.1) is 24.9 Å². The van der Waals surface area contributed by atoms with E-state index in [0.29, 0.717) is 5.56 Å². The number of rotatable bonds is 8. The van der Waals surface area contributed by atoms with Gasteiger partial charge in [0, 0.05) is 12.1 Å². The summed E-state index contributed by atoms with van der Waals surface area (Å²) < 4.78 is 18.5. The van der Waals surface area contributed by atoms with Crippen LogP contribution >= 0.6 is 0 Å². The average Bonchev–Trinajstić information content (AvgIpc) is 2.38. The third kappa shape index (κ3) is 5.24. The van der Waals surface area contributed by atoms with Crippen molar-refractivity contribution in [2.24, 2.45) is 5.73 Å². The number of aliphatic hydroxyl groups excluding tert-OH is 1. The second kappa shape index (κ2) is 7.33. The van der Waals surface area contributed by atoms with Gasteiger partial charge in [-0.3, -0.25) is 4.79 Å². The molecule has 0 spiro atoms. The van der Waals surface area contributed by atoms with Gasteiger partial charge in [0.25, 0.3) is 0 Å². The zero-order valence-corrected chi connectivity index (χ0v) is 11.7. The lowest BCUT2D eigenvalue weighted by Gasteiger charge is -2.24.